The molecular weight excluding hydrogens is 322 g/mol. The van der Waals surface area contributed by atoms with Crippen molar-refractivity contribution in [3.8, 4) is 6.07 Å². The summed E-state index contributed by atoms with van der Waals surface area (Å²) in [4.78, 5) is 22.9. The first kappa shape index (κ1) is 18.8. The van der Waals surface area contributed by atoms with E-state index in [4.69, 9.17) is 5.73 Å². The predicted octanol–water partition coefficient (Wildman–Crippen LogP) is 1.14. The summed E-state index contributed by atoms with van der Waals surface area (Å²) < 4.78 is 0. The molecule has 8 heteroatoms. The van der Waals surface area contributed by atoms with Crippen LogP contribution in [0.15, 0.2) is 18.2 Å². The molecule has 4 N–H and O–H groups in total. The van der Waals surface area contributed by atoms with Crippen molar-refractivity contribution >= 4 is 11.6 Å². The Labute approximate surface area is 146 Å². The summed E-state index contributed by atoms with van der Waals surface area (Å²) in [6.07, 6.45) is 1.14. The average Bonchev–Trinajstić information content (AvgIpc) is 3.02. The maximum absolute atomic E-state index is 12.5. The highest BCUT2D eigenvalue weighted by Gasteiger charge is 2.40. The number of benzene rings is 1. The average molecular weight is 345 g/mol. The number of nitro groups is 1. The van der Waals surface area contributed by atoms with Crippen LogP contribution in [0.2, 0.25) is 0 Å². The quantitative estimate of drug-likeness (QED) is 0.523. The van der Waals surface area contributed by atoms with Gasteiger partial charge < -0.3 is 16.4 Å². The normalized spacial score (nSPS) is 20.9. The van der Waals surface area contributed by atoms with Gasteiger partial charge >= 0.3 is 0 Å². The summed E-state index contributed by atoms with van der Waals surface area (Å²) in [6.45, 7) is 5.09. The fourth-order valence-electron chi connectivity index (χ4n) is 3.19. The Hall–Kier alpha value is -2.50. The first-order valence-corrected chi connectivity index (χ1v) is 8.26. The van der Waals surface area contributed by atoms with E-state index in [1.165, 1.54) is 12.1 Å². The number of carbonyl (C=O) groups is 1. The lowest BCUT2D eigenvalue weighted by molar-refractivity contribution is -0.384. The molecule has 1 saturated heterocycles. The third kappa shape index (κ3) is 4.13. The summed E-state index contributed by atoms with van der Waals surface area (Å²) in [5, 5.41) is 26.6. The van der Waals surface area contributed by atoms with Gasteiger partial charge in [0.2, 0.25) is 5.91 Å². The number of nitrogens with one attached hydrogen (secondary N) is 2. The third-order valence-corrected chi connectivity index (χ3v) is 4.43. The van der Waals surface area contributed by atoms with Gasteiger partial charge in [-0.25, -0.2) is 0 Å². The molecule has 25 heavy (non-hydrogen) atoms. The van der Waals surface area contributed by atoms with Gasteiger partial charge in [-0.3, -0.25) is 14.9 Å². The van der Waals surface area contributed by atoms with Gasteiger partial charge in [-0.15, -0.1) is 0 Å². The first-order chi connectivity index (χ1) is 11.8. The molecule has 0 aliphatic carbocycles. The second-order valence-electron chi connectivity index (χ2n) is 6.83. The van der Waals surface area contributed by atoms with Crippen LogP contribution in [0.1, 0.15) is 37.8 Å². The first-order valence-electron chi connectivity index (χ1n) is 8.26. The summed E-state index contributed by atoms with van der Waals surface area (Å²) >= 11 is 0. The van der Waals surface area contributed by atoms with Crippen molar-refractivity contribution in [2.45, 2.75) is 38.3 Å². The zero-order chi connectivity index (χ0) is 18.6. The van der Waals surface area contributed by atoms with E-state index in [0.717, 1.165) is 0 Å². The lowest BCUT2D eigenvalue weighted by atomic mass is 9.85. The topological polar surface area (TPSA) is 134 Å². The van der Waals surface area contributed by atoms with E-state index in [2.05, 4.69) is 10.6 Å². The SMILES string of the molecule is CC(C)C[C@H](N)C(=O)N[C@]1(c2ccc([N+](=O)[O-])cc2C#N)CCNC1. The maximum Gasteiger partial charge on any atom is 0.270 e. The van der Waals surface area contributed by atoms with Gasteiger partial charge in [-0.2, -0.15) is 5.26 Å². The molecule has 0 aromatic heterocycles. The van der Waals surface area contributed by atoms with Crippen molar-refractivity contribution in [3.05, 3.63) is 39.4 Å². The largest absolute Gasteiger partial charge is 0.344 e. The van der Waals surface area contributed by atoms with E-state index in [1.54, 1.807) is 6.07 Å². The van der Waals surface area contributed by atoms with Crippen LogP contribution in [-0.4, -0.2) is 30.0 Å². The highest BCUT2D eigenvalue weighted by molar-refractivity contribution is 5.82. The summed E-state index contributed by atoms with van der Waals surface area (Å²) in [6, 6.07) is 5.53. The van der Waals surface area contributed by atoms with E-state index in [-0.39, 0.29) is 23.1 Å². The van der Waals surface area contributed by atoms with Crippen LogP contribution in [0, 0.1) is 27.4 Å². The molecule has 134 valence electrons. The molecule has 0 saturated carbocycles. The van der Waals surface area contributed by atoms with Crippen molar-refractivity contribution in [2.75, 3.05) is 13.1 Å². The minimum Gasteiger partial charge on any atom is -0.344 e. The molecule has 1 heterocycles. The van der Waals surface area contributed by atoms with Gasteiger partial charge in [0.05, 0.1) is 28.1 Å². The van der Waals surface area contributed by atoms with Crippen molar-refractivity contribution in [1.82, 2.24) is 10.6 Å². The molecule has 1 fully saturated rings. The molecule has 0 unspecified atom stereocenters. The van der Waals surface area contributed by atoms with Gasteiger partial charge in [-0.1, -0.05) is 13.8 Å². The Bertz CT molecular complexity index is 705. The van der Waals surface area contributed by atoms with Crippen molar-refractivity contribution in [1.29, 1.82) is 5.26 Å². The van der Waals surface area contributed by atoms with E-state index in [9.17, 15) is 20.2 Å². The highest BCUT2D eigenvalue weighted by Crippen LogP contribution is 2.32. The van der Waals surface area contributed by atoms with Crippen LogP contribution in [0.5, 0.6) is 0 Å². The Morgan fingerprint density at radius 2 is 2.28 bits per heavy atom. The van der Waals surface area contributed by atoms with E-state index in [1.807, 2.05) is 19.9 Å². The third-order valence-electron chi connectivity index (χ3n) is 4.43. The van der Waals surface area contributed by atoms with Crippen molar-refractivity contribution < 1.29 is 9.72 Å². The zero-order valence-corrected chi connectivity index (χ0v) is 14.4. The molecule has 0 spiro atoms. The lowest BCUT2D eigenvalue weighted by Crippen LogP contribution is -2.53. The Morgan fingerprint density at radius 1 is 1.56 bits per heavy atom. The Balaban J connectivity index is 2.36. The lowest BCUT2D eigenvalue weighted by Gasteiger charge is -2.32. The number of non-ortho nitro benzene ring substituents is 1. The van der Waals surface area contributed by atoms with Crippen LogP contribution in [0.25, 0.3) is 0 Å². The molecule has 0 radical (unpaired) electrons. The predicted molar refractivity (Wildman–Crippen MR) is 92.5 cm³/mol. The second-order valence-corrected chi connectivity index (χ2v) is 6.83. The van der Waals surface area contributed by atoms with Crippen LogP contribution < -0.4 is 16.4 Å². The molecule has 2 atom stereocenters. The number of nitriles is 1. The number of hydrogen-bond acceptors (Lipinski definition) is 6. The summed E-state index contributed by atoms with van der Waals surface area (Å²) in [5.74, 6) is 0.00656. The van der Waals surface area contributed by atoms with E-state index < -0.39 is 16.5 Å². The van der Waals surface area contributed by atoms with Crippen LogP contribution in [0.4, 0.5) is 5.69 Å². The van der Waals surface area contributed by atoms with Gasteiger partial charge in [-0.05, 0) is 36.9 Å². The number of nitrogens with zero attached hydrogens (tertiary/aromatic N) is 2. The number of nitro benzene ring substituents is 1. The summed E-state index contributed by atoms with van der Waals surface area (Å²) in [7, 11) is 0. The molecule has 2 rings (SSSR count). The molecular formula is C17H23N5O3. The van der Waals surface area contributed by atoms with E-state index in [0.29, 0.717) is 31.5 Å². The number of rotatable bonds is 6. The molecule has 0 bridgehead atoms. The number of nitrogens with two attached hydrogens (primary N) is 1. The number of carbonyl (C=O) groups excluding carboxylic acids is 1. The Morgan fingerprint density at radius 3 is 2.80 bits per heavy atom. The van der Waals surface area contributed by atoms with Gasteiger partial charge in [0, 0.05) is 18.7 Å². The Kier molecular flexibility index (Phi) is 5.72. The minimum absolute atomic E-state index is 0.149. The van der Waals surface area contributed by atoms with Crippen LogP contribution in [0.3, 0.4) is 0 Å². The van der Waals surface area contributed by atoms with Crippen molar-refractivity contribution in [3.63, 3.8) is 0 Å². The standard InChI is InChI=1S/C17H23N5O3/c1-11(2)7-15(19)16(23)21-17(5-6-20-10-17)14-4-3-13(22(24)25)8-12(14)9-18/h3-4,8,11,15,20H,5-7,10,19H2,1-2H3,(H,21,23)/t15-,17+/m0/s1. The maximum atomic E-state index is 12.5. The molecule has 1 aromatic carbocycles. The van der Waals surface area contributed by atoms with Gasteiger partial charge in [0.1, 0.15) is 0 Å². The number of amides is 1. The molecule has 8 nitrogen and oxygen atoms in total. The van der Waals surface area contributed by atoms with Crippen LogP contribution in [-0.2, 0) is 10.3 Å². The highest BCUT2D eigenvalue weighted by atomic mass is 16.6. The molecule has 1 aliphatic rings. The molecule has 1 aromatic rings. The minimum atomic E-state index is -0.786. The fraction of sp³-hybridized carbons (Fsp3) is 0.529. The van der Waals surface area contributed by atoms with Crippen molar-refractivity contribution in [2.24, 2.45) is 11.7 Å². The molecule has 1 aliphatic heterocycles. The second kappa shape index (κ2) is 7.59. The summed E-state index contributed by atoms with van der Waals surface area (Å²) in [5.41, 5.74) is 5.82. The van der Waals surface area contributed by atoms with Gasteiger partial charge in [0.25, 0.3) is 5.69 Å². The van der Waals surface area contributed by atoms with E-state index >= 15 is 0 Å². The van der Waals surface area contributed by atoms with Gasteiger partial charge in [0.15, 0.2) is 0 Å². The van der Waals surface area contributed by atoms with Crippen LogP contribution >= 0.6 is 0 Å². The zero-order valence-electron chi connectivity index (χ0n) is 14.4. The number of hydrogen-bond donors (Lipinski definition) is 3. The molecule has 1 amide bonds. The fourth-order valence-corrected chi connectivity index (χ4v) is 3.19. The smallest absolute Gasteiger partial charge is 0.270 e. The monoisotopic (exact) mass is 345 g/mol.